The zero-order valence-corrected chi connectivity index (χ0v) is 17.1. The van der Waals surface area contributed by atoms with Crippen LogP contribution in [0.5, 0.6) is 11.5 Å². The summed E-state index contributed by atoms with van der Waals surface area (Å²) in [6.07, 6.45) is 0.909. The molecule has 4 rings (SSSR count). The molecule has 0 atom stereocenters. The van der Waals surface area contributed by atoms with E-state index < -0.39 is 0 Å². The Morgan fingerprint density at radius 3 is 2.27 bits per heavy atom. The largest absolute Gasteiger partial charge is 0.493 e. The van der Waals surface area contributed by atoms with Crippen LogP contribution in [-0.2, 0) is 6.42 Å². The van der Waals surface area contributed by atoms with Gasteiger partial charge in [0.15, 0.2) is 17.3 Å². The first-order valence-electron chi connectivity index (χ1n) is 9.67. The quantitative estimate of drug-likeness (QED) is 0.624. The van der Waals surface area contributed by atoms with Crippen LogP contribution in [0, 0.1) is 5.82 Å². The summed E-state index contributed by atoms with van der Waals surface area (Å²) in [6.45, 7) is 2.11. The number of aryl methyl sites for hydroxylation is 1. The van der Waals surface area contributed by atoms with Gasteiger partial charge in [-0.1, -0.05) is 13.0 Å². The molecule has 0 saturated carbocycles. The van der Waals surface area contributed by atoms with E-state index in [-0.39, 0.29) is 5.82 Å². The van der Waals surface area contributed by atoms with Crippen molar-refractivity contribution in [1.29, 1.82) is 0 Å². The van der Waals surface area contributed by atoms with Crippen LogP contribution in [0.4, 0.5) is 15.8 Å². The molecule has 1 heterocycles. The number of methoxy groups -OCH3 is 2. The zero-order chi connectivity index (χ0) is 21.1. The molecule has 0 unspecified atom stereocenters. The lowest BCUT2D eigenvalue weighted by Crippen LogP contribution is -2.15. The van der Waals surface area contributed by atoms with Gasteiger partial charge in [-0.25, -0.2) is 14.4 Å². The van der Waals surface area contributed by atoms with Crippen molar-refractivity contribution < 1.29 is 13.9 Å². The fraction of sp³-hybridized carbons (Fsp3) is 0.167. The van der Waals surface area contributed by atoms with Crippen molar-refractivity contribution in [2.45, 2.75) is 13.3 Å². The minimum Gasteiger partial charge on any atom is -0.493 e. The van der Waals surface area contributed by atoms with Crippen LogP contribution >= 0.6 is 0 Å². The van der Waals surface area contributed by atoms with Gasteiger partial charge in [-0.05, 0) is 66.6 Å². The van der Waals surface area contributed by atoms with E-state index in [2.05, 4.69) is 18.3 Å². The molecule has 0 aromatic heterocycles. The van der Waals surface area contributed by atoms with E-state index in [0.29, 0.717) is 23.2 Å². The number of fused-ring (bicyclic) bond motifs is 1. The summed E-state index contributed by atoms with van der Waals surface area (Å²) >= 11 is 0. The number of hydrogen-bond acceptors (Lipinski definition) is 5. The van der Waals surface area contributed by atoms with Crippen molar-refractivity contribution >= 4 is 23.0 Å². The first-order chi connectivity index (χ1) is 14.6. The second kappa shape index (κ2) is 8.37. The summed E-state index contributed by atoms with van der Waals surface area (Å²) in [5, 5.41) is 3.42. The van der Waals surface area contributed by atoms with Crippen LogP contribution in [0.1, 0.15) is 23.6 Å². The molecule has 0 bridgehead atoms. The standard InChI is InChI=1S/C24H22FN3O2/c1-4-15-5-11-19-20(13-15)27-24(17-8-12-21(29-2)22(14-17)30-3)28-23(26-19)16-6-9-18(25)10-7-16/h5-14H,4H2,1-3H3,(H,26,27,28). The first kappa shape index (κ1) is 19.6. The average molecular weight is 403 g/mol. The van der Waals surface area contributed by atoms with Gasteiger partial charge in [0.2, 0.25) is 0 Å². The van der Waals surface area contributed by atoms with Gasteiger partial charge in [-0.3, -0.25) is 0 Å². The Kier molecular flexibility index (Phi) is 5.48. The molecule has 0 saturated heterocycles. The Hall–Kier alpha value is -3.67. The predicted molar refractivity (Wildman–Crippen MR) is 118 cm³/mol. The fourth-order valence-corrected chi connectivity index (χ4v) is 3.25. The van der Waals surface area contributed by atoms with Gasteiger partial charge in [0.25, 0.3) is 0 Å². The second-order valence-corrected chi connectivity index (χ2v) is 6.80. The molecule has 1 aliphatic rings. The van der Waals surface area contributed by atoms with Crippen molar-refractivity contribution in [3.63, 3.8) is 0 Å². The molecule has 0 aliphatic carbocycles. The number of aliphatic imine (C=N–C) groups is 2. The molecule has 0 spiro atoms. The SMILES string of the molecule is CCc1ccc2c(c1)NC(c1ccc(OC)c(OC)c1)=NC(c1ccc(F)cc1)=N2. The van der Waals surface area contributed by atoms with E-state index in [0.717, 1.165) is 28.9 Å². The topological polar surface area (TPSA) is 55.2 Å². The van der Waals surface area contributed by atoms with Crippen molar-refractivity contribution in [3.8, 4) is 11.5 Å². The van der Waals surface area contributed by atoms with Gasteiger partial charge in [0.1, 0.15) is 11.7 Å². The summed E-state index contributed by atoms with van der Waals surface area (Å²) in [7, 11) is 3.19. The minimum absolute atomic E-state index is 0.303. The molecule has 0 radical (unpaired) electrons. The van der Waals surface area contributed by atoms with Crippen LogP contribution < -0.4 is 14.8 Å². The summed E-state index contributed by atoms with van der Waals surface area (Å²) in [4.78, 5) is 9.54. The lowest BCUT2D eigenvalue weighted by molar-refractivity contribution is 0.355. The van der Waals surface area contributed by atoms with Crippen LogP contribution in [0.25, 0.3) is 0 Å². The summed E-state index contributed by atoms with van der Waals surface area (Å²) < 4.78 is 24.2. The second-order valence-electron chi connectivity index (χ2n) is 6.80. The Balaban J connectivity index is 1.87. The third-order valence-electron chi connectivity index (χ3n) is 4.93. The highest BCUT2D eigenvalue weighted by Crippen LogP contribution is 2.32. The van der Waals surface area contributed by atoms with E-state index in [9.17, 15) is 4.39 Å². The van der Waals surface area contributed by atoms with E-state index in [1.807, 2.05) is 30.3 Å². The first-order valence-corrected chi connectivity index (χ1v) is 9.67. The Morgan fingerprint density at radius 1 is 0.833 bits per heavy atom. The molecular weight excluding hydrogens is 381 g/mol. The normalized spacial score (nSPS) is 12.8. The van der Waals surface area contributed by atoms with Gasteiger partial charge in [0.05, 0.1) is 25.6 Å². The molecule has 0 fully saturated rings. The molecule has 5 nitrogen and oxygen atoms in total. The van der Waals surface area contributed by atoms with Gasteiger partial charge >= 0.3 is 0 Å². The lowest BCUT2D eigenvalue weighted by Gasteiger charge is -2.13. The minimum atomic E-state index is -0.303. The maximum Gasteiger partial charge on any atom is 0.162 e. The van der Waals surface area contributed by atoms with Crippen LogP contribution in [0.3, 0.4) is 0 Å². The third kappa shape index (κ3) is 3.89. The van der Waals surface area contributed by atoms with E-state index in [1.54, 1.807) is 26.4 Å². The molecule has 30 heavy (non-hydrogen) atoms. The average Bonchev–Trinajstić information content (AvgIpc) is 2.98. The van der Waals surface area contributed by atoms with Gasteiger partial charge in [-0.15, -0.1) is 0 Å². The summed E-state index contributed by atoms with van der Waals surface area (Å²) in [5.74, 6) is 2.05. The summed E-state index contributed by atoms with van der Waals surface area (Å²) in [6, 6.07) is 17.9. The third-order valence-corrected chi connectivity index (χ3v) is 4.93. The number of nitrogens with zero attached hydrogens (tertiary/aromatic N) is 2. The van der Waals surface area contributed by atoms with Crippen LogP contribution in [0.2, 0.25) is 0 Å². The number of nitrogens with one attached hydrogen (secondary N) is 1. The predicted octanol–water partition coefficient (Wildman–Crippen LogP) is 5.36. The van der Waals surface area contributed by atoms with Crippen molar-refractivity contribution in [1.82, 2.24) is 0 Å². The molecule has 1 aliphatic heterocycles. The van der Waals surface area contributed by atoms with Gasteiger partial charge < -0.3 is 14.8 Å². The van der Waals surface area contributed by atoms with Crippen molar-refractivity contribution in [3.05, 3.63) is 83.2 Å². The number of ether oxygens (including phenoxy) is 2. The highest BCUT2D eigenvalue weighted by atomic mass is 19.1. The van der Waals surface area contributed by atoms with Gasteiger partial charge in [-0.2, -0.15) is 0 Å². The number of anilines is 1. The number of halogens is 1. The fourth-order valence-electron chi connectivity index (χ4n) is 3.25. The van der Waals surface area contributed by atoms with Crippen molar-refractivity contribution in [2.75, 3.05) is 19.5 Å². The van der Waals surface area contributed by atoms with Crippen LogP contribution in [-0.4, -0.2) is 25.9 Å². The summed E-state index contributed by atoms with van der Waals surface area (Å²) in [5.41, 5.74) is 4.36. The number of rotatable bonds is 5. The molecule has 6 heteroatoms. The van der Waals surface area contributed by atoms with E-state index >= 15 is 0 Å². The highest BCUT2D eigenvalue weighted by molar-refractivity contribution is 6.19. The van der Waals surface area contributed by atoms with Crippen molar-refractivity contribution in [2.24, 2.45) is 9.98 Å². The maximum atomic E-state index is 13.4. The molecule has 3 aromatic carbocycles. The molecule has 3 aromatic rings. The molecule has 1 N–H and O–H groups in total. The monoisotopic (exact) mass is 403 g/mol. The van der Waals surface area contributed by atoms with E-state index in [1.165, 1.54) is 17.7 Å². The maximum absolute atomic E-state index is 13.4. The lowest BCUT2D eigenvalue weighted by atomic mass is 10.1. The van der Waals surface area contributed by atoms with Crippen LogP contribution in [0.15, 0.2) is 70.6 Å². The number of benzene rings is 3. The zero-order valence-electron chi connectivity index (χ0n) is 17.1. The highest BCUT2D eigenvalue weighted by Gasteiger charge is 2.17. The number of hydrogen-bond donors (Lipinski definition) is 1. The smallest absolute Gasteiger partial charge is 0.162 e. The number of amidine groups is 2. The van der Waals surface area contributed by atoms with Gasteiger partial charge in [0, 0.05) is 11.1 Å². The Morgan fingerprint density at radius 2 is 1.57 bits per heavy atom. The Bertz CT molecular complexity index is 1140. The molecule has 152 valence electrons. The molecular formula is C24H22FN3O2. The Labute approximate surface area is 174 Å². The van der Waals surface area contributed by atoms with E-state index in [4.69, 9.17) is 19.5 Å². The molecule has 0 amide bonds.